The van der Waals surface area contributed by atoms with E-state index in [1.807, 2.05) is 32.0 Å². The Morgan fingerprint density at radius 3 is 2.30 bits per heavy atom. The highest BCUT2D eigenvalue weighted by molar-refractivity contribution is 5.54. The van der Waals surface area contributed by atoms with Crippen LogP contribution >= 0.6 is 0 Å². The van der Waals surface area contributed by atoms with Crippen molar-refractivity contribution in [2.45, 2.75) is 52.6 Å². The average molecular weight is 367 g/mol. The molecule has 0 spiro atoms. The van der Waals surface area contributed by atoms with Crippen molar-refractivity contribution in [3.8, 4) is 11.5 Å². The fourth-order valence-corrected chi connectivity index (χ4v) is 3.04. The smallest absolute Gasteiger partial charge is 0.126 e. The van der Waals surface area contributed by atoms with Crippen molar-refractivity contribution in [1.29, 1.82) is 0 Å². The zero-order chi connectivity index (χ0) is 20.0. The van der Waals surface area contributed by atoms with Crippen LogP contribution in [-0.4, -0.2) is 21.4 Å². The van der Waals surface area contributed by atoms with Crippen molar-refractivity contribution in [2.24, 2.45) is 0 Å². The number of phenolic OH excluding ortho intramolecular Hbond substituents is 2. The van der Waals surface area contributed by atoms with Gasteiger partial charge >= 0.3 is 0 Å². The molecule has 2 aromatic carbocycles. The van der Waals surface area contributed by atoms with Crippen LogP contribution in [0.1, 0.15) is 43.0 Å². The van der Waals surface area contributed by atoms with Gasteiger partial charge in [0.2, 0.25) is 0 Å². The molecule has 0 fully saturated rings. The molecule has 2 aromatic rings. The van der Waals surface area contributed by atoms with Gasteiger partial charge in [-0.05, 0) is 57.2 Å². The van der Waals surface area contributed by atoms with Crippen LogP contribution in [0.5, 0.6) is 11.5 Å². The lowest BCUT2D eigenvalue weighted by atomic mass is 9.91. The first-order valence-electron chi connectivity index (χ1n) is 9.36. The summed E-state index contributed by atoms with van der Waals surface area (Å²) in [7, 11) is 0. The van der Waals surface area contributed by atoms with Crippen molar-refractivity contribution >= 4 is 0 Å². The van der Waals surface area contributed by atoms with Gasteiger partial charge in [0.05, 0.1) is 6.10 Å². The number of aliphatic hydroxyl groups excluding tert-OH is 1. The van der Waals surface area contributed by atoms with Crippen LogP contribution < -0.4 is 0 Å². The Morgan fingerprint density at radius 1 is 1.04 bits per heavy atom. The lowest BCUT2D eigenvalue weighted by Gasteiger charge is -2.18. The molecular weight excluding hydrogens is 336 g/mol. The molecule has 0 aliphatic rings. The predicted octanol–water partition coefficient (Wildman–Crippen LogP) is 4.87. The zero-order valence-corrected chi connectivity index (χ0v) is 16.5. The first kappa shape index (κ1) is 20.8. The van der Waals surface area contributed by atoms with E-state index < -0.39 is 6.10 Å². The number of phenols is 2. The topological polar surface area (TPSA) is 60.7 Å². The molecule has 3 nitrogen and oxygen atoms in total. The second-order valence-corrected chi connectivity index (χ2v) is 7.40. The van der Waals surface area contributed by atoms with Gasteiger partial charge in [-0.3, -0.25) is 0 Å². The van der Waals surface area contributed by atoms with E-state index in [1.54, 1.807) is 13.0 Å². The maximum atomic E-state index is 10.9. The van der Waals surface area contributed by atoms with Crippen LogP contribution in [0.3, 0.4) is 0 Å². The summed E-state index contributed by atoms with van der Waals surface area (Å²) in [6.07, 6.45) is 3.56. The van der Waals surface area contributed by atoms with E-state index in [9.17, 15) is 15.3 Å². The van der Waals surface area contributed by atoms with Crippen LogP contribution in [0.2, 0.25) is 0 Å². The fraction of sp³-hybridized carbons (Fsp3) is 0.333. The predicted molar refractivity (Wildman–Crippen MR) is 111 cm³/mol. The maximum absolute atomic E-state index is 10.9. The van der Waals surface area contributed by atoms with Crippen LogP contribution in [0.15, 0.2) is 60.2 Å². The molecule has 0 saturated heterocycles. The van der Waals surface area contributed by atoms with Crippen molar-refractivity contribution in [3.63, 3.8) is 0 Å². The van der Waals surface area contributed by atoms with Gasteiger partial charge in [0.25, 0.3) is 0 Å². The van der Waals surface area contributed by atoms with E-state index in [-0.39, 0.29) is 17.9 Å². The van der Waals surface area contributed by atoms with Crippen LogP contribution in [0.4, 0.5) is 0 Å². The second kappa shape index (κ2) is 9.43. The fourth-order valence-electron chi connectivity index (χ4n) is 3.04. The number of aromatic hydroxyl groups is 2. The number of aryl methyl sites for hydroxylation is 2. The summed E-state index contributed by atoms with van der Waals surface area (Å²) in [6, 6.07) is 11.9. The quantitative estimate of drug-likeness (QED) is 0.584. The Balaban J connectivity index is 2.39. The summed E-state index contributed by atoms with van der Waals surface area (Å²) in [4.78, 5) is 0. The number of hydrogen-bond acceptors (Lipinski definition) is 3. The highest BCUT2D eigenvalue weighted by atomic mass is 16.3. The minimum absolute atomic E-state index is 0.0248. The molecule has 0 saturated carbocycles. The third-order valence-electron chi connectivity index (χ3n) is 4.79. The van der Waals surface area contributed by atoms with E-state index in [0.717, 1.165) is 24.0 Å². The molecule has 2 rings (SSSR count). The van der Waals surface area contributed by atoms with Gasteiger partial charge in [-0.1, -0.05) is 54.1 Å². The molecule has 0 bridgehead atoms. The first-order valence-corrected chi connectivity index (χ1v) is 9.36. The molecule has 0 amide bonds. The van der Waals surface area contributed by atoms with Crippen LogP contribution in [0, 0.1) is 0 Å². The van der Waals surface area contributed by atoms with E-state index in [0.29, 0.717) is 17.6 Å². The Kier molecular flexibility index (Phi) is 7.26. The van der Waals surface area contributed by atoms with Crippen molar-refractivity contribution < 1.29 is 15.3 Å². The van der Waals surface area contributed by atoms with Crippen LogP contribution in [-0.2, 0) is 25.7 Å². The molecular formula is C24H30O3. The number of benzene rings is 2. The summed E-state index contributed by atoms with van der Waals surface area (Å²) in [5.74, 6) is 0.104. The van der Waals surface area contributed by atoms with Gasteiger partial charge in [0, 0.05) is 17.5 Å². The van der Waals surface area contributed by atoms with Gasteiger partial charge < -0.3 is 15.3 Å². The Bertz CT molecular complexity index is 815. The summed E-state index contributed by atoms with van der Waals surface area (Å²) >= 11 is 0. The summed E-state index contributed by atoms with van der Waals surface area (Å²) in [5, 5.41) is 31.5. The molecule has 0 radical (unpaired) electrons. The SMILES string of the molecule is C=C(C)C(O)Cc1c(O)cc(CCc2ccccc2)c(CC=C(C)C)c1O. The Hall–Kier alpha value is -2.52. The van der Waals surface area contributed by atoms with Gasteiger partial charge in [0.15, 0.2) is 0 Å². The molecule has 144 valence electrons. The Morgan fingerprint density at radius 2 is 1.70 bits per heavy atom. The number of allylic oxidation sites excluding steroid dienone is 2. The molecule has 3 N–H and O–H groups in total. The van der Waals surface area contributed by atoms with Gasteiger partial charge in [0.1, 0.15) is 11.5 Å². The number of rotatable bonds is 8. The van der Waals surface area contributed by atoms with E-state index >= 15 is 0 Å². The second-order valence-electron chi connectivity index (χ2n) is 7.40. The van der Waals surface area contributed by atoms with Crippen molar-refractivity contribution in [1.82, 2.24) is 0 Å². The lowest BCUT2D eigenvalue weighted by molar-refractivity contribution is 0.209. The molecule has 1 unspecified atom stereocenters. The molecule has 0 aromatic heterocycles. The first-order chi connectivity index (χ1) is 12.8. The Labute approximate surface area is 162 Å². The monoisotopic (exact) mass is 366 g/mol. The van der Waals surface area contributed by atoms with Crippen molar-refractivity contribution in [3.05, 3.63) is 82.5 Å². The van der Waals surface area contributed by atoms with Gasteiger partial charge in [-0.2, -0.15) is 0 Å². The lowest BCUT2D eigenvalue weighted by Crippen LogP contribution is -2.12. The third kappa shape index (κ3) is 5.73. The molecule has 0 aliphatic heterocycles. The molecule has 1 atom stereocenters. The minimum Gasteiger partial charge on any atom is -0.508 e. The number of hydrogen-bond donors (Lipinski definition) is 3. The third-order valence-corrected chi connectivity index (χ3v) is 4.79. The molecule has 0 aliphatic carbocycles. The highest BCUT2D eigenvalue weighted by Gasteiger charge is 2.19. The van der Waals surface area contributed by atoms with Crippen molar-refractivity contribution in [2.75, 3.05) is 0 Å². The normalized spacial score (nSPS) is 11.9. The van der Waals surface area contributed by atoms with Gasteiger partial charge in [-0.25, -0.2) is 0 Å². The molecule has 0 heterocycles. The standard InChI is InChI=1S/C24H30O3/c1-16(2)10-13-20-19(12-11-18-8-6-5-7-9-18)14-23(26)21(24(20)27)15-22(25)17(3)4/h5-10,14,22,25-27H,3,11-13,15H2,1-2,4H3. The highest BCUT2D eigenvalue weighted by Crippen LogP contribution is 2.36. The molecule has 3 heteroatoms. The van der Waals surface area contributed by atoms with Gasteiger partial charge in [-0.15, -0.1) is 0 Å². The van der Waals surface area contributed by atoms with Crippen LogP contribution in [0.25, 0.3) is 0 Å². The average Bonchev–Trinajstić information content (AvgIpc) is 2.63. The van der Waals surface area contributed by atoms with E-state index in [4.69, 9.17) is 0 Å². The molecule has 27 heavy (non-hydrogen) atoms. The van der Waals surface area contributed by atoms with E-state index in [1.165, 1.54) is 11.1 Å². The number of aliphatic hydroxyl groups is 1. The largest absolute Gasteiger partial charge is 0.508 e. The summed E-state index contributed by atoms with van der Waals surface area (Å²) in [6.45, 7) is 9.52. The minimum atomic E-state index is -0.798. The van der Waals surface area contributed by atoms with E-state index in [2.05, 4.69) is 24.8 Å². The zero-order valence-electron chi connectivity index (χ0n) is 16.5. The summed E-state index contributed by atoms with van der Waals surface area (Å²) < 4.78 is 0. The maximum Gasteiger partial charge on any atom is 0.126 e. The summed E-state index contributed by atoms with van der Waals surface area (Å²) in [5.41, 5.74) is 5.11.